The number of hydrogen-bond acceptors (Lipinski definition) is 8. The fourth-order valence-electron chi connectivity index (χ4n) is 8.62. The van der Waals surface area contributed by atoms with E-state index in [1.807, 2.05) is 21.1 Å². The maximum Gasteiger partial charge on any atom is 0.306 e. The van der Waals surface area contributed by atoms with Crippen LogP contribution in [0, 0.1) is 0 Å². The second-order valence-corrected chi connectivity index (χ2v) is 22.8. The monoisotopic (exact) mass is 996 g/mol. The molecule has 0 aromatic carbocycles. The molecule has 0 aliphatic rings. The minimum absolute atomic E-state index is 0.0316. The van der Waals surface area contributed by atoms with E-state index in [1.54, 1.807) is 0 Å². The van der Waals surface area contributed by atoms with Gasteiger partial charge in [-0.05, 0) is 38.5 Å². The van der Waals surface area contributed by atoms with Crippen molar-refractivity contribution in [2.24, 2.45) is 0 Å². The predicted octanol–water partition coefficient (Wildman–Crippen LogP) is 17.6. The Morgan fingerprint density at radius 2 is 0.797 bits per heavy atom. The lowest BCUT2D eigenvalue weighted by Crippen LogP contribution is -2.37. The van der Waals surface area contributed by atoms with Gasteiger partial charge in [-0.1, -0.05) is 263 Å². The normalized spacial score (nSPS) is 13.4. The highest BCUT2D eigenvalue weighted by Crippen LogP contribution is 2.38. The molecule has 0 aliphatic heterocycles. The largest absolute Gasteiger partial charge is 0.756 e. The summed E-state index contributed by atoms with van der Waals surface area (Å²) in [6.07, 6.45) is 61.1. The summed E-state index contributed by atoms with van der Waals surface area (Å²) in [5.74, 6) is -0.836. The van der Waals surface area contributed by atoms with Gasteiger partial charge < -0.3 is 27.9 Å². The van der Waals surface area contributed by atoms with Gasteiger partial charge >= 0.3 is 11.9 Å². The fraction of sp³-hybridized carbons (Fsp3) is 0.898. The van der Waals surface area contributed by atoms with Crippen molar-refractivity contribution in [2.75, 3.05) is 47.5 Å². The Morgan fingerprint density at radius 3 is 1.19 bits per heavy atom. The molecule has 69 heavy (non-hydrogen) atoms. The standard InChI is InChI=1S/C59H114NO8P/c1-6-8-10-12-14-16-18-20-22-23-24-25-26-27-28-29-30-31-32-33-34-35-36-37-38-40-41-43-45-47-49-51-58(61)65-55-57(56-67-69(63,64)66-54-53-60(3,4)5)68-59(62)52-50-48-46-44-42-39-21-19-17-15-13-11-9-7-2/h13,15,19,21,57H,6-12,14,16-18,20,22-56H2,1-5H3/b15-13-,21-19-. The van der Waals surface area contributed by atoms with Gasteiger partial charge in [-0.15, -0.1) is 0 Å². The molecule has 0 spiro atoms. The summed E-state index contributed by atoms with van der Waals surface area (Å²) in [7, 11) is 1.17. The Hall–Kier alpha value is -1.51. The third-order valence-corrected chi connectivity index (χ3v) is 14.2. The van der Waals surface area contributed by atoms with Crippen LogP contribution in [0.5, 0.6) is 0 Å². The Morgan fingerprint density at radius 1 is 0.449 bits per heavy atom. The topological polar surface area (TPSA) is 111 Å². The molecule has 0 aromatic heterocycles. The van der Waals surface area contributed by atoms with Gasteiger partial charge in [-0.25, -0.2) is 0 Å². The van der Waals surface area contributed by atoms with E-state index in [9.17, 15) is 19.0 Å². The highest BCUT2D eigenvalue weighted by molar-refractivity contribution is 7.45. The van der Waals surface area contributed by atoms with Crippen molar-refractivity contribution in [2.45, 2.75) is 296 Å². The van der Waals surface area contributed by atoms with E-state index in [0.717, 1.165) is 64.2 Å². The Labute approximate surface area is 428 Å². The molecule has 0 radical (unpaired) electrons. The Kier molecular flexibility index (Phi) is 50.3. The first-order chi connectivity index (χ1) is 33.5. The second kappa shape index (κ2) is 51.4. The first kappa shape index (κ1) is 67.5. The minimum Gasteiger partial charge on any atom is -0.756 e. The van der Waals surface area contributed by atoms with E-state index in [1.165, 1.54) is 193 Å². The molecule has 2 atom stereocenters. The van der Waals surface area contributed by atoms with E-state index in [-0.39, 0.29) is 32.0 Å². The number of hydrogen-bond donors (Lipinski definition) is 0. The number of carbonyl (C=O) groups excluding carboxylic acids is 2. The SMILES string of the molecule is CCCC/C=C\C/C=C\CCCCCCCC(=O)OC(COC(=O)CCCCCCCCCCCCCCCCCCCCCCCCCCCCCCCCC)COP(=O)([O-])OCC[N+](C)(C)C. The predicted molar refractivity (Wildman–Crippen MR) is 291 cm³/mol. The summed E-state index contributed by atoms with van der Waals surface area (Å²) >= 11 is 0. The van der Waals surface area contributed by atoms with Gasteiger partial charge in [0.05, 0.1) is 27.7 Å². The van der Waals surface area contributed by atoms with E-state index in [0.29, 0.717) is 17.4 Å². The van der Waals surface area contributed by atoms with Gasteiger partial charge in [-0.2, -0.15) is 0 Å². The molecule has 0 saturated heterocycles. The summed E-state index contributed by atoms with van der Waals surface area (Å²) in [6.45, 7) is 4.22. The highest BCUT2D eigenvalue weighted by Gasteiger charge is 2.22. The summed E-state index contributed by atoms with van der Waals surface area (Å²) in [5, 5.41) is 0. The number of likely N-dealkylation sites (N-methyl/N-ethyl adjacent to an activating group) is 1. The number of phosphoric acid groups is 1. The lowest BCUT2D eigenvalue weighted by molar-refractivity contribution is -0.870. The third-order valence-electron chi connectivity index (χ3n) is 13.2. The number of rotatable bonds is 55. The van der Waals surface area contributed by atoms with Gasteiger partial charge in [0.25, 0.3) is 7.82 Å². The van der Waals surface area contributed by atoms with Crippen LogP contribution in [0.1, 0.15) is 290 Å². The van der Waals surface area contributed by atoms with Crippen molar-refractivity contribution in [3.8, 4) is 0 Å². The van der Waals surface area contributed by atoms with Gasteiger partial charge in [0.15, 0.2) is 6.10 Å². The third kappa shape index (κ3) is 55.7. The first-order valence-electron chi connectivity index (χ1n) is 29.5. The smallest absolute Gasteiger partial charge is 0.306 e. The minimum atomic E-state index is -4.63. The van der Waals surface area contributed by atoms with Gasteiger partial charge in [-0.3, -0.25) is 14.2 Å². The number of quaternary nitrogens is 1. The van der Waals surface area contributed by atoms with Crippen molar-refractivity contribution in [1.29, 1.82) is 0 Å². The first-order valence-corrected chi connectivity index (χ1v) is 31.0. The second-order valence-electron chi connectivity index (χ2n) is 21.4. The molecule has 0 N–H and O–H groups in total. The number of ether oxygens (including phenoxy) is 2. The molecule has 0 aromatic rings. The van der Waals surface area contributed by atoms with Gasteiger partial charge in [0.1, 0.15) is 19.8 Å². The van der Waals surface area contributed by atoms with Crippen molar-refractivity contribution in [3.05, 3.63) is 24.3 Å². The molecule has 10 heteroatoms. The van der Waals surface area contributed by atoms with Crippen LogP contribution < -0.4 is 4.89 Å². The van der Waals surface area contributed by atoms with Crippen LogP contribution in [0.25, 0.3) is 0 Å². The van der Waals surface area contributed by atoms with Crippen molar-refractivity contribution in [1.82, 2.24) is 0 Å². The van der Waals surface area contributed by atoms with E-state index in [2.05, 4.69) is 38.2 Å². The zero-order valence-electron chi connectivity index (χ0n) is 46.3. The summed E-state index contributed by atoms with van der Waals surface area (Å²) in [6, 6.07) is 0. The molecule has 0 amide bonds. The van der Waals surface area contributed by atoms with Crippen molar-refractivity contribution in [3.63, 3.8) is 0 Å². The Bertz CT molecular complexity index is 1220. The summed E-state index contributed by atoms with van der Waals surface area (Å²) < 4.78 is 34.1. The molecule has 0 heterocycles. The zero-order chi connectivity index (χ0) is 50.6. The number of carbonyl (C=O) groups is 2. The number of esters is 2. The van der Waals surface area contributed by atoms with Crippen LogP contribution in [0.4, 0.5) is 0 Å². The average Bonchev–Trinajstić information content (AvgIpc) is 3.31. The number of allylic oxidation sites excluding steroid dienone is 4. The molecule has 9 nitrogen and oxygen atoms in total. The van der Waals surface area contributed by atoms with E-state index >= 15 is 0 Å². The van der Waals surface area contributed by atoms with Crippen LogP contribution >= 0.6 is 7.82 Å². The lowest BCUT2D eigenvalue weighted by atomic mass is 10.0. The highest BCUT2D eigenvalue weighted by atomic mass is 31.2. The van der Waals surface area contributed by atoms with Crippen molar-refractivity contribution < 1.29 is 42.1 Å². The summed E-state index contributed by atoms with van der Waals surface area (Å²) in [5.41, 5.74) is 0. The number of unbranched alkanes of at least 4 members (excludes halogenated alkanes) is 37. The molecule has 2 unspecified atom stereocenters. The quantitative estimate of drug-likeness (QED) is 0.0195. The molecule has 0 bridgehead atoms. The molecule has 408 valence electrons. The van der Waals surface area contributed by atoms with E-state index in [4.69, 9.17) is 18.5 Å². The molecule has 0 saturated carbocycles. The molecule has 0 aliphatic carbocycles. The van der Waals surface area contributed by atoms with Crippen LogP contribution in [0.3, 0.4) is 0 Å². The van der Waals surface area contributed by atoms with Crippen LogP contribution in [0.15, 0.2) is 24.3 Å². The fourth-order valence-corrected chi connectivity index (χ4v) is 9.35. The van der Waals surface area contributed by atoms with E-state index < -0.39 is 26.5 Å². The average molecular weight is 997 g/mol. The maximum absolute atomic E-state index is 12.7. The van der Waals surface area contributed by atoms with Crippen LogP contribution in [-0.2, 0) is 32.7 Å². The maximum atomic E-state index is 12.7. The van der Waals surface area contributed by atoms with Crippen molar-refractivity contribution >= 4 is 19.8 Å². The lowest BCUT2D eigenvalue weighted by Gasteiger charge is -2.28. The van der Waals surface area contributed by atoms with Crippen LogP contribution in [0.2, 0.25) is 0 Å². The number of nitrogens with zero attached hydrogens (tertiary/aromatic N) is 1. The molecule has 0 rings (SSSR count). The summed E-state index contributed by atoms with van der Waals surface area (Å²) in [4.78, 5) is 37.8. The molecule has 0 fully saturated rings. The molecular weight excluding hydrogens is 882 g/mol. The van der Waals surface area contributed by atoms with Gasteiger partial charge in [0, 0.05) is 12.8 Å². The molecular formula is C59H114NO8P. The van der Waals surface area contributed by atoms with Crippen LogP contribution in [-0.4, -0.2) is 70.0 Å². The number of phosphoric ester groups is 1. The zero-order valence-corrected chi connectivity index (χ0v) is 47.2. The Balaban J connectivity index is 3.98. The van der Waals surface area contributed by atoms with Gasteiger partial charge in [0.2, 0.25) is 0 Å².